The molecule has 21 heavy (non-hydrogen) atoms. The standard InChI is InChI=1S/C16H17F2NO2/c1-10(17)16(20)19(12-5-6-12)14-3-2-8-21-15-7-4-11(18)9-13(14)15/h4,7,9,12,14H,1-3,5-6,8H2. The van der Waals surface area contributed by atoms with E-state index in [0.717, 1.165) is 19.3 Å². The van der Waals surface area contributed by atoms with E-state index in [0.29, 0.717) is 24.3 Å². The zero-order valence-electron chi connectivity index (χ0n) is 11.6. The van der Waals surface area contributed by atoms with Crippen molar-refractivity contribution in [2.75, 3.05) is 6.61 Å². The fourth-order valence-electron chi connectivity index (χ4n) is 2.87. The average Bonchev–Trinajstić information content (AvgIpc) is 3.27. The molecular weight excluding hydrogens is 276 g/mol. The van der Waals surface area contributed by atoms with Crippen molar-refractivity contribution in [1.82, 2.24) is 4.90 Å². The van der Waals surface area contributed by atoms with Crippen molar-refractivity contribution in [2.45, 2.75) is 37.8 Å². The molecule has 1 atom stereocenters. The Labute approximate surface area is 122 Å². The number of rotatable bonds is 3. The molecule has 0 spiro atoms. The van der Waals surface area contributed by atoms with Gasteiger partial charge in [-0.15, -0.1) is 0 Å². The van der Waals surface area contributed by atoms with Crippen molar-refractivity contribution in [2.24, 2.45) is 0 Å². The maximum Gasteiger partial charge on any atom is 0.282 e. The van der Waals surface area contributed by atoms with Crippen LogP contribution in [0.2, 0.25) is 0 Å². The molecule has 1 heterocycles. The first-order valence-electron chi connectivity index (χ1n) is 7.17. The highest BCUT2D eigenvalue weighted by Gasteiger charge is 2.40. The Morgan fingerprint density at radius 3 is 2.76 bits per heavy atom. The van der Waals surface area contributed by atoms with Crippen LogP contribution >= 0.6 is 0 Å². The molecule has 0 bridgehead atoms. The molecule has 3 nitrogen and oxygen atoms in total. The SMILES string of the molecule is C=C(F)C(=O)N(C1CC1)C1CCCOc2ccc(F)cc21. The molecule has 1 unspecified atom stereocenters. The van der Waals surface area contributed by atoms with Gasteiger partial charge in [0.2, 0.25) is 0 Å². The lowest BCUT2D eigenvalue weighted by Gasteiger charge is -2.31. The van der Waals surface area contributed by atoms with Crippen molar-refractivity contribution in [3.8, 4) is 5.75 Å². The van der Waals surface area contributed by atoms with Gasteiger partial charge in [0, 0.05) is 11.6 Å². The lowest BCUT2D eigenvalue weighted by Crippen LogP contribution is -2.37. The molecule has 1 aliphatic heterocycles. The van der Waals surface area contributed by atoms with E-state index < -0.39 is 11.7 Å². The number of carbonyl (C=O) groups is 1. The van der Waals surface area contributed by atoms with E-state index in [4.69, 9.17) is 4.74 Å². The maximum absolute atomic E-state index is 13.6. The molecule has 3 rings (SSSR count). The Kier molecular flexibility index (Phi) is 3.66. The number of nitrogens with zero attached hydrogens (tertiary/aromatic N) is 1. The van der Waals surface area contributed by atoms with Crippen LogP contribution in [0, 0.1) is 5.82 Å². The van der Waals surface area contributed by atoms with Crippen LogP contribution < -0.4 is 4.74 Å². The quantitative estimate of drug-likeness (QED) is 0.798. The molecule has 0 N–H and O–H groups in total. The minimum Gasteiger partial charge on any atom is -0.493 e. The first-order chi connectivity index (χ1) is 10.1. The molecule has 1 amide bonds. The van der Waals surface area contributed by atoms with Crippen molar-refractivity contribution in [3.05, 3.63) is 42.0 Å². The molecule has 2 aliphatic rings. The van der Waals surface area contributed by atoms with E-state index in [9.17, 15) is 13.6 Å². The van der Waals surface area contributed by atoms with E-state index in [1.165, 1.54) is 17.0 Å². The number of benzene rings is 1. The zero-order chi connectivity index (χ0) is 15.0. The van der Waals surface area contributed by atoms with Crippen LogP contribution in [0.25, 0.3) is 0 Å². The third-order valence-electron chi connectivity index (χ3n) is 3.95. The van der Waals surface area contributed by atoms with Gasteiger partial charge in [-0.25, -0.2) is 8.78 Å². The van der Waals surface area contributed by atoms with Crippen LogP contribution in [0.4, 0.5) is 8.78 Å². The normalized spacial score (nSPS) is 21.0. The molecule has 5 heteroatoms. The van der Waals surface area contributed by atoms with Crippen LogP contribution in [-0.4, -0.2) is 23.5 Å². The Morgan fingerprint density at radius 2 is 2.10 bits per heavy atom. The summed E-state index contributed by atoms with van der Waals surface area (Å²) in [5.41, 5.74) is 0.619. The first-order valence-corrected chi connectivity index (χ1v) is 7.17. The van der Waals surface area contributed by atoms with E-state index >= 15 is 0 Å². The van der Waals surface area contributed by atoms with Crippen LogP contribution in [0.1, 0.15) is 37.3 Å². The Bertz CT molecular complexity index is 584. The number of carbonyl (C=O) groups excluding carboxylic acids is 1. The summed E-state index contributed by atoms with van der Waals surface area (Å²) in [6, 6.07) is 3.95. The number of ether oxygens (including phenoxy) is 1. The minimum absolute atomic E-state index is 0.0178. The molecule has 112 valence electrons. The van der Waals surface area contributed by atoms with Crippen molar-refractivity contribution < 1.29 is 18.3 Å². The van der Waals surface area contributed by atoms with Gasteiger partial charge in [0.15, 0.2) is 5.83 Å². The van der Waals surface area contributed by atoms with Gasteiger partial charge in [0.1, 0.15) is 11.6 Å². The predicted molar refractivity (Wildman–Crippen MR) is 74.0 cm³/mol. The molecular formula is C16H17F2NO2. The molecule has 1 saturated carbocycles. The summed E-state index contributed by atoms with van der Waals surface area (Å²) in [6.07, 6.45) is 3.06. The van der Waals surface area contributed by atoms with Gasteiger partial charge in [0.05, 0.1) is 12.6 Å². The third-order valence-corrected chi connectivity index (χ3v) is 3.95. The third kappa shape index (κ3) is 2.77. The highest BCUT2D eigenvalue weighted by Crippen LogP contribution is 2.42. The molecule has 0 radical (unpaired) electrons. The minimum atomic E-state index is -0.968. The van der Waals surface area contributed by atoms with Gasteiger partial charge in [-0.1, -0.05) is 6.58 Å². The molecule has 1 fully saturated rings. The van der Waals surface area contributed by atoms with E-state index in [1.54, 1.807) is 6.07 Å². The summed E-state index contributed by atoms with van der Waals surface area (Å²) in [5.74, 6) is -1.47. The summed E-state index contributed by atoms with van der Waals surface area (Å²) in [7, 11) is 0. The van der Waals surface area contributed by atoms with Crippen molar-refractivity contribution in [1.29, 1.82) is 0 Å². The molecule has 0 saturated heterocycles. The van der Waals surface area contributed by atoms with Crippen molar-refractivity contribution in [3.63, 3.8) is 0 Å². The highest BCUT2D eigenvalue weighted by atomic mass is 19.1. The van der Waals surface area contributed by atoms with Gasteiger partial charge < -0.3 is 9.64 Å². The van der Waals surface area contributed by atoms with E-state index in [1.807, 2.05) is 0 Å². The summed E-state index contributed by atoms with van der Waals surface area (Å²) in [4.78, 5) is 13.7. The fourth-order valence-corrected chi connectivity index (χ4v) is 2.87. The summed E-state index contributed by atoms with van der Waals surface area (Å²) >= 11 is 0. The van der Waals surface area contributed by atoms with Gasteiger partial charge in [-0.05, 0) is 43.9 Å². The van der Waals surface area contributed by atoms with Crippen LogP contribution in [0.3, 0.4) is 0 Å². The molecule has 1 aromatic carbocycles. The van der Waals surface area contributed by atoms with Crippen LogP contribution in [-0.2, 0) is 4.79 Å². The Balaban J connectivity index is 2.01. The monoisotopic (exact) mass is 293 g/mol. The van der Waals surface area contributed by atoms with E-state index in [-0.39, 0.29) is 17.9 Å². The van der Waals surface area contributed by atoms with Gasteiger partial charge >= 0.3 is 0 Å². The largest absolute Gasteiger partial charge is 0.493 e. The smallest absolute Gasteiger partial charge is 0.282 e. The Morgan fingerprint density at radius 1 is 1.33 bits per heavy atom. The van der Waals surface area contributed by atoms with Crippen LogP contribution in [0.5, 0.6) is 5.75 Å². The number of hydrogen-bond donors (Lipinski definition) is 0. The lowest BCUT2D eigenvalue weighted by molar-refractivity contribution is -0.132. The second kappa shape index (κ2) is 5.47. The summed E-state index contributed by atoms with van der Waals surface area (Å²) in [5, 5.41) is 0. The topological polar surface area (TPSA) is 29.5 Å². The Hall–Kier alpha value is -1.91. The molecule has 1 aromatic rings. The number of hydrogen-bond acceptors (Lipinski definition) is 2. The highest BCUT2D eigenvalue weighted by molar-refractivity contribution is 5.91. The second-order valence-corrected chi connectivity index (χ2v) is 5.54. The van der Waals surface area contributed by atoms with Gasteiger partial charge in [0.25, 0.3) is 5.91 Å². The summed E-state index contributed by atoms with van der Waals surface area (Å²) in [6.45, 7) is 3.63. The van der Waals surface area contributed by atoms with Crippen molar-refractivity contribution >= 4 is 5.91 Å². The molecule has 0 aromatic heterocycles. The second-order valence-electron chi connectivity index (χ2n) is 5.54. The fraction of sp³-hybridized carbons (Fsp3) is 0.438. The number of fused-ring (bicyclic) bond motifs is 1. The summed E-state index contributed by atoms with van der Waals surface area (Å²) < 4.78 is 32.5. The lowest BCUT2D eigenvalue weighted by atomic mass is 9.99. The molecule has 1 aliphatic carbocycles. The zero-order valence-corrected chi connectivity index (χ0v) is 11.6. The maximum atomic E-state index is 13.6. The number of halogens is 2. The predicted octanol–water partition coefficient (Wildman–Crippen LogP) is 3.51. The van der Waals surface area contributed by atoms with E-state index in [2.05, 4.69) is 6.58 Å². The van der Waals surface area contributed by atoms with Gasteiger partial charge in [-0.2, -0.15) is 0 Å². The van der Waals surface area contributed by atoms with Crippen LogP contribution in [0.15, 0.2) is 30.6 Å². The first kappa shape index (κ1) is 14.0. The van der Waals surface area contributed by atoms with Gasteiger partial charge in [-0.3, -0.25) is 4.79 Å². The average molecular weight is 293 g/mol. The number of amides is 1.